The highest BCUT2D eigenvalue weighted by molar-refractivity contribution is 5.64. The summed E-state index contributed by atoms with van der Waals surface area (Å²) in [7, 11) is 3.42. The molecule has 3 heterocycles. The first-order chi connectivity index (χ1) is 12.7. The summed E-state index contributed by atoms with van der Waals surface area (Å²) in [5.74, 6) is 0. The molecule has 3 rings (SSSR count). The van der Waals surface area contributed by atoms with Crippen molar-refractivity contribution in [2.75, 3.05) is 46.3 Å². The molecule has 0 saturated carbocycles. The zero-order valence-corrected chi connectivity index (χ0v) is 15.3. The van der Waals surface area contributed by atoms with E-state index in [1.54, 1.807) is 20.4 Å². The molecule has 0 aliphatic heterocycles. The van der Waals surface area contributed by atoms with Crippen LogP contribution < -0.4 is 5.73 Å². The van der Waals surface area contributed by atoms with Gasteiger partial charge in [0, 0.05) is 51.9 Å². The molecule has 0 aliphatic rings. The van der Waals surface area contributed by atoms with Crippen molar-refractivity contribution in [1.29, 1.82) is 0 Å². The van der Waals surface area contributed by atoms with E-state index in [9.17, 15) is 0 Å². The zero-order valence-electron chi connectivity index (χ0n) is 15.3. The number of hydrogen-bond acceptors (Lipinski definition) is 6. The fourth-order valence-corrected chi connectivity index (χ4v) is 2.89. The van der Waals surface area contributed by atoms with Crippen LogP contribution in [-0.2, 0) is 16.0 Å². The first kappa shape index (κ1) is 18.3. The maximum atomic E-state index is 6.01. The van der Waals surface area contributed by atoms with Gasteiger partial charge in [0.15, 0.2) is 0 Å². The number of aromatic nitrogens is 3. The van der Waals surface area contributed by atoms with E-state index in [0.717, 1.165) is 35.8 Å². The number of nitrogen functional groups attached to an aromatic ring is 1. The molecule has 0 aliphatic carbocycles. The van der Waals surface area contributed by atoms with Crippen LogP contribution in [0.4, 0.5) is 5.69 Å². The molecule has 0 radical (unpaired) electrons. The van der Waals surface area contributed by atoms with Crippen LogP contribution in [0.1, 0.15) is 5.69 Å². The van der Waals surface area contributed by atoms with Crippen LogP contribution in [0.5, 0.6) is 0 Å². The van der Waals surface area contributed by atoms with Crippen LogP contribution in [0.2, 0.25) is 0 Å². The Morgan fingerprint density at radius 3 is 2.50 bits per heavy atom. The topological polar surface area (TPSA) is 77.9 Å². The Kier molecular flexibility index (Phi) is 6.17. The minimum Gasteiger partial charge on any atom is -0.398 e. The summed E-state index contributed by atoms with van der Waals surface area (Å²) in [6.07, 6.45) is 3.69. The Balaban J connectivity index is 2.02. The second kappa shape index (κ2) is 8.75. The highest BCUT2D eigenvalue weighted by Gasteiger charge is 2.18. The molecule has 7 nitrogen and oxygen atoms in total. The maximum Gasteiger partial charge on any atom is 0.137 e. The van der Waals surface area contributed by atoms with Gasteiger partial charge in [-0.3, -0.25) is 14.3 Å². The summed E-state index contributed by atoms with van der Waals surface area (Å²) < 4.78 is 12.6. The predicted octanol–water partition coefficient (Wildman–Crippen LogP) is 2.07. The summed E-state index contributed by atoms with van der Waals surface area (Å²) in [6.45, 7) is 3.61. The molecule has 2 N–H and O–H groups in total. The van der Waals surface area contributed by atoms with Crippen LogP contribution in [0.15, 0.2) is 42.7 Å². The van der Waals surface area contributed by atoms with E-state index in [-0.39, 0.29) is 0 Å². The molecular formula is C19H25N5O2. The number of ether oxygens (including phenoxy) is 2. The molecule has 0 saturated heterocycles. The zero-order chi connectivity index (χ0) is 18.4. The lowest BCUT2D eigenvalue weighted by Gasteiger charge is -2.22. The fraction of sp³-hybridized carbons (Fsp3) is 0.368. The molecule has 0 unspecified atom stereocenters. The van der Waals surface area contributed by atoms with Gasteiger partial charge in [-0.2, -0.15) is 0 Å². The highest BCUT2D eigenvalue weighted by atomic mass is 16.5. The van der Waals surface area contributed by atoms with E-state index >= 15 is 0 Å². The summed E-state index contributed by atoms with van der Waals surface area (Å²) in [6, 6.07) is 9.64. The molecule has 26 heavy (non-hydrogen) atoms. The Labute approximate surface area is 153 Å². The van der Waals surface area contributed by atoms with Crippen molar-refractivity contribution in [3.05, 3.63) is 48.4 Å². The molecule has 7 heteroatoms. The van der Waals surface area contributed by atoms with E-state index in [0.29, 0.717) is 25.4 Å². The largest absolute Gasteiger partial charge is 0.398 e. The Hall–Kier alpha value is -2.48. The molecule has 3 aromatic rings. The maximum absolute atomic E-state index is 6.01. The van der Waals surface area contributed by atoms with Gasteiger partial charge in [-0.1, -0.05) is 6.07 Å². The number of nitrogens with zero attached hydrogens (tertiary/aromatic N) is 4. The molecule has 0 bridgehead atoms. The lowest BCUT2D eigenvalue weighted by atomic mass is 10.2. The quantitative estimate of drug-likeness (QED) is 0.633. The van der Waals surface area contributed by atoms with Gasteiger partial charge < -0.3 is 15.2 Å². The van der Waals surface area contributed by atoms with Crippen LogP contribution in [0, 0.1) is 0 Å². The lowest BCUT2D eigenvalue weighted by Crippen LogP contribution is -2.31. The standard InChI is InChI=1S/C19H25N5O2/c1-25-11-9-23(10-12-26-2)14-17-19(16-5-3-4-8-21-16)22-18-7-6-15(20)13-24(17)18/h3-8,13H,9-12,14,20H2,1-2H3. The summed E-state index contributed by atoms with van der Waals surface area (Å²) in [5.41, 5.74) is 10.3. The van der Waals surface area contributed by atoms with Crippen LogP contribution in [0.3, 0.4) is 0 Å². The average molecular weight is 355 g/mol. The monoisotopic (exact) mass is 355 g/mol. The van der Waals surface area contributed by atoms with Crippen molar-refractivity contribution in [2.24, 2.45) is 0 Å². The van der Waals surface area contributed by atoms with E-state index in [1.807, 2.05) is 40.9 Å². The minimum absolute atomic E-state index is 0.654. The third-order valence-corrected chi connectivity index (χ3v) is 4.24. The molecule has 0 amide bonds. The summed E-state index contributed by atoms with van der Waals surface area (Å²) in [5, 5.41) is 0. The molecule has 0 fully saturated rings. The van der Waals surface area contributed by atoms with E-state index in [2.05, 4.69) is 9.88 Å². The molecule has 0 spiro atoms. The SMILES string of the molecule is COCCN(CCOC)Cc1c(-c2ccccn2)nc2ccc(N)cn12. The van der Waals surface area contributed by atoms with Gasteiger partial charge >= 0.3 is 0 Å². The van der Waals surface area contributed by atoms with Gasteiger partial charge in [-0.25, -0.2) is 4.98 Å². The van der Waals surface area contributed by atoms with Gasteiger partial charge in [0.25, 0.3) is 0 Å². The van der Waals surface area contributed by atoms with Gasteiger partial charge in [0.05, 0.1) is 24.6 Å². The van der Waals surface area contributed by atoms with E-state index in [4.69, 9.17) is 20.2 Å². The first-order valence-corrected chi connectivity index (χ1v) is 8.61. The number of pyridine rings is 2. The van der Waals surface area contributed by atoms with Crippen molar-refractivity contribution in [2.45, 2.75) is 6.54 Å². The number of methoxy groups -OCH3 is 2. The third-order valence-electron chi connectivity index (χ3n) is 4.24. The normalized spacial score (nSPS) is 11.5. The van der Waals surface area contributed by atoms with Crippen LogP contribution >= 0.6 is 0 Å². The minimum atomic E-state index is 0.654. The molecular weight excluding hydrogens is 330 g/mol. The third kappa shape index (κ3) is 4.19. The second-order valence-electron chi connectivity index (χ2n) is 6.07. The molecule has 3 aromatic heterocycles. The van der Waals surface area contributed by atoms with Gasteiger partial charge in [-0.05, 0) is 24.3 Å². The van der Waals surface area contributed by atoms with Crippen molar-refractivity contribution >= 4 is 11.3 Å². The molecule has 0 atom stereocenters. The highest BCUT2D eigenvalue weighted by Crippen LogP contribution is 2.25. The molecule has 138 valence electrons. The average Bonchev–Trinajstić information content (AvgIpc) is 3.02. The molecule has 0 aromatic carbocycles. The first-order valence-electron chi connectivity index (χ1n) is 8.61. The van der Waals surface area contributed by atoms with Crippen molar-refractivity contribution < 1.29 is 9.47 Å². The Morgan fingerprint density at radius 2 is 1.85 bits per heavy atom. The predicted molar refractivity (Wildman–Crippen MR) is 102 cm³/mol. The van der Waals surface area contributed by atoms with Gasteiger partial charge in [0.1, 0.15) is 11.3 Å². The number of hydrogen-bond donors (Lipinski definition) is 1. The fourth-order valence-electron chi connectivity index (χ4n) is 2.89. The van der Waals surface area contributed by atoms with Crippen molar-refractivity contribution in [3.63, 3.8) is 0 Å². The van der Waals surface area contributed by atoms with Gasteiger partial charge in [-0.15, -0.1) is 0 Å². The second-order valence-corrected chi connectivity index (χ2v) is 6.07. The summed E-state index contributed by atoms with van der Waals surface area (Å²) >= 11 is 0. The lowest BCUT2D eigenvalue weighted by molar-refractivity contribution is 0.109. The van der Waals surface area contributed by atoms with Crippen molar-refractivity contribution in [3.8, 4) is 11.4 Å². The van der Waals surface area contributed by atoms with Crippen LogP contribution in [-0.4, -0.2) is 59.8 Å². The number of anilines is 1. The number of fused-ring (bicyclic) bond motifs is 1. The van der Waals surface area contributed by atoms with E-state index < -0.39 is 0 Å². The Bertz CT molecular complexity index is 827. The number of rotatable bonds is 9. The Morgan fingerprint density at radius 1 is 1.08 bits per heavy atom. The van der Waals surface area contributed by atoms with Gasteiger partial charge in [0.2, 0.25) is 0 Å². The smallest absolute Gasteiger partial charge is 0.137 e. The number of nitrogens with two attached hydrogens (primary N) is 1. The van der Waals surface area contributed by atoms with Crippen molar-refractivity contribution in [1.82, 2.24) is 19.3 Å². The summed E-state index contributed by atoms with van der Waals surface area (Å²) in [4.78, 5) is 11.6. The number of imidazole rings is 1. The van der Waals surface area contributed by atoms with Crippen LogP contribution in [0.25, 0.3) is 17.0 Å². The van der Waals surface area contributed by atoms with E-state index in [1.165, 1.54) is 0 Å².